The van der Waals surface area contributed by atoms with Crippen molar-refractivity contribution in [1.29, 1.82) is 0 Å². The van der Waals surface area contributed by atoms with E-state index in [1.807, 2.05) is 13.8 Å². The summed E-state index contributed by atoms with van der Waals surface area (Å²) in [7, 11) is 0. The molecule has 6 heavy (non-hydrogen) atoms. The lowest BCUT2D eigenvalue weighted by Crippen LogP contribution is -1.44. The van der Waals surface area contributed by atoms with Gasteiger partial charge in [-0.2, -0.15) is 0 Å². The van der Waals surface area contributed by atoms with Crippen molar-refractivity contribution in [3.63, 3.8) is 0 Å². The first-order valence-electron chi connectivity index (χ1n) is 1.98. The van der Waals surface area contributed by atoms with E-state index in [4.69, 9.17) is 4.79 Å². The van der Waals surface area contributed by atoms with Crippen molar-refractivity contribution in [2.24, 2.45) is 0 Å². The van der Waals surface area contributed by atoms with Gasteiger partial charge in [0.2, 0.25) is 0 Å². The standard InChI is InChI=1S/C3H4O.C2H6/c1-2-3-4;1-2/h2-3H,1H2;1-2H3. The maximum Gasteiger partial charge on any atom is 0.142 e. The normalized spacial score (nSPS) is 4.33. The van der Waals surface area contributed by atoms with Gasteiger partial charge < -0.3 is 0 Å². The van der Waals surface area contributed by atoms with Crippen LogP contribution in [-0.4, -0.2) is 6.29 Å². The molecule has 0 fully saturated rings. The van der Waals surface area contributed by atoms with Gasteiger partial charge >= 0.3 is 0 Å². The average molecular weight is 86.1 g/mol. The van der Waals surface area contributed by atoms with E-state index in [-0.39, 0.29) is 0 Å². The second-order valence-corrected chi connectivity index (χ2v) is 0.372. The minimum absolute atomic E-state index is 0.639. The van der Waals surface area contributed by atoms with E-state index in [1.165, 1.54) is 6.08 Å². The molecule has 0 atom stereocenters. The van der Waals surface area contributed by atoms with Crippen LogP contribution in [0.4, 0.5) is 0 Å². The summed E-state index contributed by atoms with van der Waals surface area (Å²) in [6.45, 7) is 7.11. The third-order valence-corrected chi connectivity index (χ3v) is 0.0962. The van der Waals surface area contributed by atoms with Crippen LogP contribution in [0.2, 0.25) is 0 Å². The van der Waals surface area contributed by atoms with E-state index >= 15 is 0 Å². The Morgan fingerprint density at radius 2 is 1.67 bits per heavy atom. The van der Waals surface area contributed by atoms with Crippen LogP contribution in [0.3, 0.4) is 0 Å². The summed E-state index contributed by atoms with van der Waals surface area (Å²) in [5.74, 6) is 0. The van der Waals surface area contributed by atoms with Gasteiger partial charge in [-0.25, -0.2) is 0 Å². The summed E-state index contributed by atoms with van der Waals surface area (Å²) in [5.41, 5.74) is 0. The second kappa shape index (κ2) is 25.8. The molecule has 0 unspecified atom stereocenters. The van der Waals surface area contributed by atoms with E-state index in [9.17, 15) is 0 Å². The molecule has 36 valence electrons. The number of hydrogen-bond donors (Lipinski definition) is 0. The van der Waals surface area contributed by atoms with Crippen LogP contribution in [0.5, 0.6) is 0 Å². The first-order chi connectivity index (χ1) is 2.91. The van der Waals surface area contributed by atoms with E-state index in [0.29, 0.717) is 6.29 Å². The molecular formula is C5H10O. The lowest BCUT2D eigenvalue weighted by Gasteiger charge is -1.37. The lowest BCUT2D eigenvalue weighted by atomic mass is 10.8. The molecule has 0 saturated heterocycles. The predicted octanol–water partition coefficient (Wildman–Crippen LogP) is 1.40. The van der Waals surface area contributed by atoms with Crippen molar-refractivity contribution in [2.75, 3.05) is 0 Å². The Balaban J connectivity index is 0. The Morgan fingerprint density at radius 3 is 1.67 bits per heavy atom. The Labute approximate surface area is 38.7 Å². The zero-order chi connectivity index (χ0) is 5.41. The maximum atomic E-state index is 9.06. The minimum atomic E-state index is 0.639. The summed E-state index contributed by atoms with van der Waals surface area (Å²) in [6.07, 6.45) is 1.83. The van der Waals surface area contributed by atoms with Gasteiger partial charge in [0.25, 0.3) is 0 Å². The highest BCUT2D eigenvalue weighted by atomic mass is 16.1. The van der Waals surface area contributed by atoms with Crippen LogP contribution >= 0.6 is 0 Å². The van der Waals surface area contributed by atoms with E-state index in [2.05, 4.69) is 6.58 Å². The zero-order valence-corrected chi connectivity index (χ0v) is 4.27. The van der Waals surface area contributed by atoms with Gasteiger partial charge in [0.1, 0.15) is 6.29 Å². The summed E-state index contributed by atoms with van der Waals surface area (Å²) in [5, 5.41) is 0. The van der Waals surface area contributed by atoms with Crippen molar-refractivity contribution >= 4 is 6.29 Å². The van der Waals surface area contributed by atoms with Crippen LogP contribution < -0.4 is 0 Å². The molecule has 0 N–H and O–H groups in total. The van der Waals surface area contributed by atoms with Crippen LogP contribution in [0.1, 0.15) is 13.8 Å². The van der Waals surface area contributed by atoms with Gasteiger partial charge in [-0.15, -0.1) is 0 Å². The lowest BCUT2D eigenvalue weighted by molar-refractivity contribution is -0.104. The fourth-order valence-corrected chi connectivity index (χ4v) is 0. The van der Waals surface area contributed by atoms with Crippen LogP contribution in [-0.2, 0) is 4.79 Å². The summed E-state index contributed by atoms with van der Waals surface area (Å²) < 4.78 is 0. The Morgan fingerprint density at radius 1 is 1.50 bits per heavy atom. The number of aldehydes is 1. The quantitative estimate of drug-likeness (QED) is 0.348. The molecule has 0 aromatic carbocycles. The fraction of sp³-hybridized carbons (Fsp3) is 0.400. The van der Waals surface area contributed by atoms with Gasteiger partial charge in [0, 0.05) is 0 Å². The molecule has 0 aromatic heterocycles. The molecule has 0 amide bonds. The number of carbonyl (C=O) groups is 1. The molecule has 1 nitrogen and oxygen atoms in total. The molecule has 0 aliphatic carbocycles. The number of hydrogen-bond acceptors (Lipinski definition) is 1. The van der Waals surface area contributed by atoms with Crippen molar-refractivity contribution in [3.8, 4) is 0 Å². The Hall–Kier alpha value is -0.590. The number of rotatable bonds is 1. The summed E-state index contributed by atoms with van der Waals surface area (Å²) >= 11 is 0. The first-order valence-corrected chi connectivity index (χ1v) is 1.98. The van der Waals surface area contributed by atoms with Crippen molar-refractivity contribution < 1.29 is 4.79 Å². The number of carbonyl (C=O) groups excluding carboxylic acids is 1. The Kier molecular flexibility index (Phi) is 38.9. The molecule has 0 bridgehead atoms. The van der Waals surface area contributed by atoms with Crippen LogP contribution in [0.25, 0.3) is 0 Å². The molecule has 0 aliphatic rings. The van der Waals surface area contributed by atoms with Gasteiger partial charge in [-0.3, -0.25) is 4.79 Å². The van der Waals surface area contributed by atoms with Gasteiger partial charge in [0.15, 0.2) is 0 Å². The smallest absolute Gasteiger partial charge is 0.142 e. The summed E-state index contributed by atoms with van der Waals surface area (Å²) in [4.78, 5) is 9.06. The predicted molar refractivity (Wildman–Crippen MR) is 27.6 cm³/mol. The Bertz CT molecular complexity index is 24.9. The monoisotopic (exact) mass is 86.1 g/mol. The highest BCUT2D eigenvalue weighted by Crippen LogP contribution is 1.35. The zero-order valence-electron chi connectivity index (χ0n) is 4.27. The fourth-order valence-electron chi connectivity index (χ4n) is 0. The van der Waals surface area contributed by atoms with Crippen LogP contribution in [0, 0.1) is 0 Å². The van der Waals surface area contributed by atoms with E-state index in [0.717, 1.165) is 0 Å². The molecule has 0 rings (SSSR count). The molecule has 0 heterocycles. The van der Waals surface area contributed by atoms with Gasteiger partial charge in [-0.1, -0.05) is 20.4 Å². The maximum absolute atomic E-state index is 9.06. The third-order valence-electron chi connectivity index (χ3n) is 0.0962. The first kappa shape index (κ1) is 9.05. The summed E-state index contributed by atoms with van der Waals surface area (Å²) in [6, 6.07) is 0. The molecule has 0 aromatic rings. The molecular weight excluding hydrogens is 76.1 g/mol. The molecule has 1 heteroatoms. The average Bonchev–Trinajstić information content (AvgIpc) is 1.72. The highest BCUT2D eigenvalue weighted by molar-refractivity contribution is 5.63. The topological polar surface area (TPSA) is 17.1 Å². The van der Waals surface area contributed by atoms with Crippen molar-refractivity contribution in [3.05, 3.63) is 12.7 Å². The molecule has 0 spiro atoms. The molecule has 0 aliphatic heterocycles. The van der Waals surface area contributed by atoms with E-state index in [1.54, 1.807) is 0 Å². The second-order valence-electron chi connectivity index (χ2n) is 0.372. The largest absolute Gasteiger partial charge is 0.299 e. The van der Waals surface area contributed by atoms with Gasteiger partial charge in [-0.05, 0) is 6.08 Å². The SMILES string of the molecule is C=CC=O.CC. The minimum Gasteiger partial charge on any atom is -0.299 e. The van der Waals surface area contributed by atoms with E-state index < -0.39 is 0 Å². The molecule has 0 radical (unpaired) electrons. The van der Waals surface area contributed by atoms with Crippen LogP contribution in [0.15, 0.2) is 12.7 Å². The molecule has 0 saturated carbocycles. The van der Waals surface area contributed by atoms with Crippen molar-refractivity contribution in [1.82, 2.24) is 0 Å². The highest BCUT2D eigenvalue weighted by Gasteiger charge is 1.38. The number of allylic oxidation sites excluding steroid dienone is 1. The van der Waals surface area contributed by atoms with Gasteiger partial charge in [0.05, 0.1) is 0 Å². The van der Waals surface area contributed by atoms with Crippen molar-refractivity contribution in [2.45, 2.75) is 13.8 Å². The third kappa shape index (κ3) is 118.